The molecule has 0 amide bonds. The van der Waals surface area contributed by atoms with Crippen LogP contribution in [0.1, 0.15) is 0 Å². The number of hydrogen-bond donors (Lipinski definition) is 2. The Bertz CT molecular complexity index is 777. The number of phenolic OH excluding ortho intramolecular Hbond substituents is 1. The van der Waals surface area contributed by atoms with Crippen LogP contribution in [0.3, 0.4) is 0 Å². The van der Waals surface area contributed by atoms with Crippen LogP contribution in [0.4, 0.5) is 5.69 Å². The molecule has 19 heavy (non-hydrogen) atoms. The fourth-order valence-corrected chi connectivity index (χ4v) is 2.15. The van der Waals surface area contributed by atoms with E-state index in [4.69, 9.17) is 0 Å². The van der Waals surface area contributed by atoms with E-state index in [1.165, 1.54) is 18.2 Å². The molecular formula is C14H10N2O3. The van der Waals surface area contributed by atoms with Gasteiger partial charge in [-0.15, -0.1) is 0 Å². The zero-order valence-corrected chi connectivity index (χ0v) is 9.83. The smallest absolute Gasteiger partial charge is 0.270 e. The van der Waals surface area contributed by atoms with E-state index in [1.807, 2.05) is 24.3 Å². The van der Waals surface area contributed by atoms with Crippen LogP contribution in [0.15, 0.2) is 48.7 Å². The molecule has 2 aromatic carbocycles. The molecule has 0 bridgehead atoms. The van der Waals surface area contributed by atoms with Gasteiger partial charge < -0.3 is 10.1 Å². The van der Waals surface area contributed by atoms with Gasteiger partial charge in [-0.3, -0.25) is 10.1 Å². The van der Waals surface area contributed by atoms with E-state index in [-0.39, 0.29) is 11.4 Å². The zero-order chi connectivity index (χ0) is 13.4. The molecule has 0 aliphatic heterocycles. The average Bonchev–Trinajstić information content (AvgIpc) is 2.83. The van der Waals surface area contributed by atoms with Crippen molar-refractivity contribution in [1.82, 2.24) is 4.98 Å². The molecule has 0 saturated carbocycles. The minimum atomic E-state index is -0.474. The van der Waals surface area contributed by atoms with Crippen LogP contribution in [-0.2, 0) is 0 Å². The molecule has 94 valence electrons. The summed E-state index contributed by atoms with van der Waals surface area (Å²) in [6.07, 6.45) is 1.74. The van der Waals surface area contributed by atoms with E-state index in [0.717, 1.165) is 16.5 Å². The first-order chi connectivity index (χ1) is 9.16. The van der Waals surface area contributed by atoms with E-state index in [1.54, 1.807) is 6.20 Å². The van der Waals surface area contributed by atoms with Gasteiger partial charge in [-0.05, 0) is 12.1 Å². The van der Waals surface area contributed by atoms with Gasteiger partial charge in [0, 0.05) is 40.4 Å². The van der Waals surface area contributed by atoms with Crippen molar-refractivity contribution in [3.63, 3.8) is 0 Å². The van der Waals surface area contributed by atoms with Crippen molar-refractivity contribution < 1.29 is 10.0 Å². The summed E-state index contributed by atoms with van der Waals surface area (Å²) in [5.74, 6) is 0.0235. The molecule has 1 heterocycles. The molecule has 0 aliphatic carbocycles. The number of phenols is 1. The number of H-pyrrole nitrogens is 1. The molecule has 5 nitrogen and oxygen atoms in total. The number of nitro benzene ring substituents is 1. The summed E-state index contributed by atoms with van der Waals surface area (Å²) in [5, 5.41) is 21.6. The third-order valence-electron chi connectivity index (χ3n) is 3.07. The Labute approximate surface area is 108 Å². The second-order valence-corrected chi connectivity index (χ2v) is 4.21. The number of para-hydroxylation sites is 1. The summed E-state index contributed by atoms with van der Waals surface area (Å²) in [7, 11) is 0. The largest absolute Gasteiger partial charge is 0.507 e. The van der Waals surface area contributed by atoms with Gasteiger partial charge in [-0.2, -0.15) is 0 Å². The third-order valence-corrected chi connectivity index (χ3v) is 3.07. The number of nitrogens with zero attached hydrogens (tertiary/aromatic N) is 1. The fraction of sp³-hybridized carbons (Fsp3) is 0. The lowest BCUT2D eigenvalue weighted by Crippen LogP contribution is -1.88. The number of nitrogens with one attached hydrogen (secondary N) is 1. The normalized spacial score (nSPS) is 10.7. The van der Waals surface area contributed by atoms with Crippen LogP contribution in [0.2, 0.25) is 0 Å². The number of aromatic nitrogens is 1. The number of non-ortho nitro benzene ring substituents is 1. The lowest BCUT2D eigenvalue weighted by Gasteiger charge is -2.03. The highest BCUT2D eigenvalue weighted by Crippen LogP contribution is 2.36. The van der Waals surface area contributed by atoms with Crippen LogP contribution in [-0.4, -0.2) is 15.0 Å². The molecule has 0 saturated heterocycles. The van der Waals surface area contributed by atoms with Crippen molar-refractivity contribution in [2.45, 2.75) is 0 Å². The molecule has 3 aromatic rings. The third kappa shape index (κ3) is 1.81. The van der Waals surface area contributed by atoms with Crippen LogP contribution < -0.4 is 0 Å². The summed E-state index contributed by atoms with van der Waals surface area (Å²) in [5.41, 5.74) is 2.07. The van der Waals surface area contributed by atoms with Crippen LogP contribution >= 0.6 is 0 Å². The summed E-state index contributed by atoms with van der Waals surface area (Å²) in [4.78, 5) is 13.4. The number of fused-ring (bicyclic) bond motifs is 1. The Morgan fingerprint density at radius 3 is 2.68 bits per heavy atom. The Kier molecular flexibility index (Phi) is 2.45. The molecule has 0 unspecified atom stereocenters. The molecule has 3 rings (SSSR count). The molecule has 2 N–H and O–H groups in total. The van der Waals surface area contributed by atoms with Crippen LogP contribution in [0.25, 0.3) is 22.0 Å². The number of hydrogen-bond acceptors (Lipinski definition) is 3. The molecule has 5 heteroatoms. The standard InChI is InChI=1S/C14H10N2O3/c17-14-6-5-9(16(18)19)7-11(14)12-8-15-13-4-2-1-3-10(12)13/h1-8,15,17H. The van der Waals surface area contributed by atoms with Gasteiger partial charge in [0.05, 0.1) is 4.92 Å². The Morgan fingerprint density at radius 2 is 1.89 bits per heavy atom. The summed E-state index contributed by atoms with van der Waals surface area (Å²) >= 11 is 0. The van der Waals surface area contributed by atoms with Gasteiger partial charge in [0.15, 0.2) is 0 Å². The second kappa shape index (κ2) is 4.13. The Hall–Kier alpha value is -2.82. The van der Waals surface area contributed by atoms with Gasteiger partial charge in [0.25, 0.3) is 5.69 Å². The number of nitro groups is 1. The first kappa shape index (κ1) is 11.3. The molecule has 1 aromatic heterocycles. The minimum absolute atomic E-state index is 0.0235. The number of aromatic amines is 1. The topological polar surface area (TPSA) is 79.2 Å². The lowest BCUT2D eigenvalue weighted by molar-refractivity contribution is -0.384. The first-order valence-electron chi connectivity index (χ1n) is 5.71. The van der Waals surface area contributed by atoms with E-state index >= 15 is 0 Å². The molecular weight excluding hydrogens is 244 g/mol. The predicted molar refractivity (Wildman–Crippen MR) is 72.1 cm³/mol. The zero-order valence-electron chi connectivity index (χ0n) is 9.83. The SMILES string of the molecule is O=[N+]([O-])c1ccc(O)c(-c2c[nH]c3ccccc23)c1. The number of aromatic hydroxyl groups is 1. The lowest BCUT2D eigenvalue weighted by atomic mass is 10.0. The van der Waals surface area contributed by atoms with Crippen molar-refractivity contribution in [3.05, 3.63) is 58.8 Å². The van der Waals surface area contributed by atoms with Crippen molar-refractivity contribution in [2.24, 2.45) is 0 Å². The van der Waals surface area contributed by atoms with E-state index < -0.39 is 4.92 Å². The molecule has 0 spiro atoms. The predicted octanol–water partition coefficient (Wildman–Crippen LogP) is 3.45. The van der Waals surface area contributed by atoms with Crippen LogP contribution in [0, 0.1) is 10.1 Å². The van der Waals surface area contributed by atoms with Crippen LogP contribution in [0.5, 0.6) is 5.75 Å². The Balaban J connectivity index is 2.26. The van der Waals surface area contributed by atoms with Gasteiger partial charge in [0.2, 0.25) is 0 Å². The van der Waals surface area contributed by atoms with Gasteiger partial charge in [-0.1, -0.05) is 18.2 Å². The minimum Gasteiger partial charge on any atom is -0.507 e. The quantitative estimate of drug-likeness (QED) is 0.543. The summed E-state index contributed by atoms with van der Waals surface area (Å²) in [6, 6.07) is 11.6. The number of rotatable bonds is 2. The maximum absolute atomic E-state index is 10.8. The molecule has 0 radical (unpaired) electrons. The Morgan fingerprint density at radius 1 is 1.11 bits per heavy atom. The summed E-state index contributed by atoms with van der Waals surface area (Å²) in [6.45, 7) is 0. The molecule has 0 fully saturated rings. The maximum Gasteiger partial charge on any atom is 0.270 e. The monoisotopic (exact) mass is 254 g/mol. The average molecular weight is 254 g/mol. The molecule has 0 atom stereocenters. The second-order valence-electron chi connectivity index (χ2n) is 4.21. The highest BCUT2D eigenvalue weighted by molar-refractivity contribution is 5.97. The van der Waals surface area contributed by atoms with E-state index in [2.05, 4.69) is 4.98 Å². The fourth-order valence-electron chi connectivity index (χ4n) is 2.15. The van der Waals surface area contributed by atoms with E-state index in [9.17, 15) is 15.2 Å². The highest BCUT2D eigenvalue weighted by atomic mass is 16.6. The van der Waals surface area contributed by atoms with Gasteiger partial charge >= 0.3 is 0 Å². The van der Waals surface area contributed by atoms with Gasteiger partial charge in [0.1, 0.15) is 5.75 Å². The van der Waals surface area contributed by atoms with E-state index in [0.29, 0.717) is 5.56 Å². The maximum atomic E-state index is 10.8. The summed E-state index contributed by atoms with van der Waals surface area (Å²) < 4.78 is 0. The highest BCUT2D eigenvalue weighted by Gasteiger charge is 2.14. The number of benzene rings is 2. The van der Waals surface area contributed by atoms with Crippen molar-refractivity contribution in [3.8, 4) is 16.9 Å². The van der Waals surface area contributed by atoms with Crippen molar-refractivity contribution >= 4 is 16.6 Å². The van der Waals surface area contributed by atoms with Gasteiger partial charge in [-0.25, -0.2) is 0 Å². The molecule has 0 aliphatic rings. The van der Waals surface area contributed by atoms with Crippen molar-refractivity contribution in [1.29, 1.82) is 0 Å². The van der Waals surface area contributed by atoms with Crippen molar-refractivity contribution in [2.75, 3.05) is 0 Å². The first-order valence-corrected chi connectivity index (χ1v) is 5.71.